The molecule has 3 heterocycles. The molecule has 0 atom stereocenters. The molecule has 2 aromatic rings. The molecule has 2 N–H and O–H groups in total. The van der Waals surface area contributed by atoms with Crippen LogP contribution in [0.15, 0.2) is 5.38 Å². The van der Waals surface area contributed by atoms with E-state index in [1.165, 1.54) is 16.5 Å². The van der Waals surface area contributed by atoms with E-state index in [2.05, 4.69) is 31.5 Å². The first-order valence-electron chi connectivity index (χ1n) is 6.84. The Hall–Kier alpha value is -1.18. The molecule has 1 saturated heterocycles. The molecule has 1 aliphatic heterocycles. The monoisotopic (exact) mass is 309 g/mol. The van der Waals surface area contributed by atoms with Gasteiger partial charge in [0.1, 0.15) is 15.8 Å². The summed E-state index contributed by atoms with van der Waals surface area (Å²) in [5, 5.41) is 4.22. The standard InChI is InChI=1S/C13H19N5S2/c1-3-17-4-6-18(7-5-17)13-10(11(14)16-20-13)12-15-9(2)8-19-12/h8H,3-7H2,1-2H3,(H2,14,16). The van der Waals surface area contributed by atoms with E-state index in [1.54, 1.807) is 11.3 Å². The number of rotatable bonds is 3. The minimum atomic E-state index is 0.609. The maximum Gasteiger partial charge on any atom is 0.149 e. The number of thiazole rings is 1. The van der Waals surface area contributed by atoms with Crippen molar-refractivity contribution >= 4 is 33.7 Å². The molecular weight excluding hydrogens is 290 g/mol. The predicted octanol–water partition coefficient (Wildman–Crippen LogP) is 2.30. The highest BCUT2D eigenvalue weighted by Crippen LogP contribution is 2.40. The predicted molar refractivity (Wildman–Crippen MR) is 86.7 cm³/mol. The number of nitrogens with zero attached hydrogens (tertiary/aromatic N) is 4. The van der Waals surface area contributed by atoms with Gasteiger partial charge in [-0.05, 0) is 25.0 Å². The Balaban J connectivity index is 1.88. The average molecular weight is 309 g/mol. The molecule has 0 bridgehead atoms. The number of anilines is 2. The van der Waals surface area contributed by atoms with Crippen molar-refractivity contribution in [3.63, 3.8) is 0 Å². The van der Waals surface area contributed by atoms with Crippen LogP contribution in [0.1, 0.15) is 12.6 Å². The molecule has 3 rings (SSSR count). The second kappa shape index (κ2) is 5.67. The van der Waals surface area contributed by atoms with Gasteiger partial charge in [0.25, 0.3) is 0 Å². The van der Waals surface area contributed by atoms with Crippen LogP contribution in [-0.4, -0.2) is 47.0 Å². The molecule has 2 aromatic heterocycles. The minimum Gasteiger partial charge on any atom is -0.382 e. The van der Waals surface area contributed by atoms with E-state index in [1.807, 2.05) is 6.92 Å². The Labute approximate surface area is 127 Å². The molecule has 1 aliphatic rings. The number of hydrogen-bond donors (Lipinski definition) is 1. The summed E-state index contributed by atoms with van der Waals surface area (Å²) in [4.78, 5) is 9.43. The normalized spacial score (nSPS) is 16.8. The van der Waals surface area contributed by atoms with Gasteiger partial charge in [-0.25, -0.2) is 4.98 Å². The van der Waals surface area contributed by atoms with Gasteiger partial charge < -0.3 is 15.5 Å². The van der Waals surface area contributed by atoms with Crippen LogP contribution >= 0.6 is 22.9 Å². The van der Waals surface area contributed by atoms with Crippen LogP contribution in [0.2, 0.25) is 0 Å². The lowest BCUT2D eigenvalue weighted by Gasteiger charge is -2.34. The van der Waals surface area contributed by atoms with E-state index >= 15 is 0 Å². The molecule has 1 fully saturated rings. The minimum absolute atomic E-state index is 0.609. The molecular formula is C13H19N5S2. The molecule has 5 nitrogen and oxygen atoms in total. The number of aryl methyl sites for hydroxylation is 1. The van der Waals surface area contributed by atoms with Gasteiger partial charge in [0.05, 0.1) is 5.56 Å². The van der Waals surface area contributed by atoms with Crippen molar-refractivity contribution < 1.29 is 0 Å². The third-order valence-corrected chi connectivity index (χ3v) is 5.54. The van der Waals surface area contributed by atoms with E-state index in [-0.39, 0.29) is 0 Å². The van der Waals surface area contributed by atoms with Crippen molar-refractivity contribution in [2.24, 2.45) is 0 Å². The summed E-state index contributed by atoms with van der Waals surface area (Å²) in [5.41, 5.74) is 8.14. The van der Waals surface area contributed by atoms with Crippen LogP contribution in [0.4, 0.5) is 10.8 Å². The number of piperazine rings is 1. The van der Waals surface area contributed by atoms with Crippen LogP contribution in [0, 0.1) is 6.92 Å². The van der Waals surface area contributed by atoms with E-state index in [9.17, 15) is 0 Å². The van der Waals surface area contributed by atoms with Crippen LogP contribution in [-0.2, 0) is 0 Å². The molecule has 0 spiro atoms. The van der Waals surface area contributed by atoms with Crippen molar-refractivity contribution in [3.8, 4) is 10.6 Å². The van der Waals surface area contributed by atoms with Crippen molar-refractivity contribution in [2.75, 3.05) is 43.4 Å². The van der Waals surface area contributed by atoms with E-state index < -0.39 is 0 Å². The van der Waals surface area contributed by atoms with Gasteiger partial charge in [-0.1, -0.05) is 6.92 Å². The number of nitrogen functional groups attached to an aromatic ring is 1. The summed E-state index contributed by atoms with van der Waals surface area (Å²) < 4.78 is 4.35. The first-order chi connectivity index (χ1) is 9.69. The summed E-state index contributed by atoms with van der Waals surface area (Å²) in [6, 6.07) is 0. The topological polar surface area (TPSA) is 58.3 Å². The Morgan fingerprint density at radius 1 is 1.30 bits per heavy atom. The van der Waals surface area contributed by atoms with Crippen LogP contribution < -0.4 is 10.6 Å². The van der Waals surface area contributed by atoms with Gasteiger partial charge in [-0.3, -0.25) is 0 Å². The average Bonchev–Trinajstić information content (AvgIpc) is 3.05. The van der Waals surface area contributed by atoms with Crippen molar-refractivity contribution in [2.45, 2.75) is 13.8 Å². The number of aromatic nitrogens is 2. The first kappa shape index (κ1) is 13.8. The summed E-state index contributed by atoms with van der Waals surface area (Å²) in [6.07, 6.45) is 0. The van der Waals surface area contributed by atoms with Gasteiger partial charge in [-0.2, -0.15) is 4.37 Å². The summed E-state index contributed by atoms with van der Waals surface area (Å²) in [5.74, 6) is 0.609. The number of hydrogen-bond acceptors (Lipinski definition) is 7. The Morgan fingerprint density at radius 2 is 2.05 bits per heavy atom. The SMILES string of the molecule is CCN1CCN(c2snc(N)c2-c2nc(C)cs2)CC1. The molecule has 0 saturated carbocycles. The lowest BCUT2D eigenvalue weighted by Crippen LogP contribution is -2.46. The highest BCUT2D eigenvalue weighted by molar-refractivity contribution is 7.15. The highest BCUT2D eigenvalue weighted by atomic mass is 32.1. The highest BCUT2D eigenvalue weighted by Gasteiger charge is 2.24. The fourth-order valence-corrected chi connectivity index (χ4v) is 4.23. The number of nitrogens with two attached hydrogens (primary N) is 1. The third-order valence-electron chi connectivity index (χ3n) is 3.64. The number of likely N-dealkylation sites (N-methyl/N-ethyl adjacent to an activating group) is 1. The second-order valence-corrected chi connectivity index (χ2v) is 6.57. The smallest absolute Gasteiger partial charge is 0.149 e. The fourth-order valence-electron chi connectivity index (χ4n) is 2.45. The summed E-state index contributed by atoms with van der Waals surface area (Å²) in [7, 11) is 0. The molecule has 0 aromatic carbocycles. The van der Waals surface area contributed by atoms with Gasteiger partial charge in [0.2, 0.25) is 0 Å². The van der Waals surface area contributed by atoms with Crippen molar-refractivity contribution in [1.82, 2.24) is 14.3 Å². The Kier molecular flexibility index (Phi) is 3.91. The van der Waals surface area contributed by atoms with E-state index in [4.69, 9.17) is 5.73 Å². The van der Waals surface area contributed by atoms with E-state index in [0.29, 0.717) is 5.82 Å². The zero-order valence-corrected chi connectivity index (χ0v) is 13.4. The lowest BCUT2D eigenvalue weighted by atomic mass is 10.2. The first-order valence-corrected chi connectivity index (χ1v) is 8.49. The summed E-state index contributed by atoms with van der Waals surface area (Å²) in [6.45, 7) is 9.62. The molecule has 20 heavy (non-hydrogen) atoms. The van der Waals surface area contributed by atoms with Crippen molar-refractivity contribution in [1.29, 1.82) is 0 Å². The molecule has 108 valence electrons. The maximum absolute atomic E-state index is 6.07. The zero-order valence-electron chi connectivity index (χ0n) is 11.8. The fraction of sp³-hybridized carbons (Fsp3) is 0.538. The quantitative estimate of drug-likeness (QED) is 0.943. The maximum atomic E-state index is 6.07. The molecule has 0 unspecified atom stereocenters. The van der Waals surface area contributed by atoms with Crippen LogP contribution in [0.5, 0.6) is 0 Å². The van der Waals surface area contributed by atoms with Gasteiger partial charge in [-0.15, -0.1) is 11.3 Å². The molecule has 0 aliphatic carbocycles. The van der Waals surface area contributed by atoms with Crippen LogP contribution in [0.3, 0.4) is 0 Å². The Bertz CT molecular complexity index is 583. The summed E-state index contributed by atoms with van der Waals surface area (Å²) >= 11 is 3.14. The van der Waals surface area contributed by atoms with Crippen LogP contribution in [0.25, 0.3) is 10.6 Å². The van der Waals surface area contributed by atoms with Gasteiger partial charge >= 0.3 is 0 Å². The molecule has 0 radical (unpaired) electrons. The molecule has 7 heteroatoms. The lowest BCUT2D eigenvalue weighted by molar-refractivity contribution is 0.271. The van der Waals surface area contributed by atoms with Gasteiger partial charge in [0, 0.05) is 37.3 Å². The largest absolute Gasteiger partial charge is 0.382 e. The Morgan fingerprint density at radius 3 is 2.65 bits per heavy atom. The zero-order chi connectivity index (χ0) is 14.1. The van der Waals surface area contributed by atoms with E-state index in [0.717, 1.165) is 49.0 Å². The third kappa shape index (κ3) is 2.53. The molecule has 0 amide bonds. The van der Waals surface area contributed by atoms with Gasteiger partial charge in [0.15, 0.2) is 0 Å². The van der Waals surface area contributed by atoms with Crippen molar-refractivity contribution in [3.05, 3.63) is 11.1 Å². The second-order valence-electron chi connectivity index (χ2n) is 4.96.